The summed E-state index contributed by atoms with van der Waals surface area (Å²) in [5, 5.41) is 25.1. The zero-order valence-electron chi connectivity index (χ0n) is 13.7. The smallest absolute Gasteiger partial charge is 0.249 e. The molecule has 2 aromatic heterocycles. The molecular weight excluding hydrogens is 382 g/mol. The van der Waals surface area contributed by atoms with Gasteiger partial charge in [0, 0.05) is 17.5 Å². The van der Waals surface area contributed by atoms with E-state index < -0.39 is 22.6 Å². The summed E-state index contributed by atoms with van der Waals surface area (Å²) in [7, 11) is 0. The molecule has 27 heavy (non-hydrogen) atoms. The Morgan fingerprint density at radius 2 is 1.93 bits per heavy atom. The second-order valence-corrected chi connectivity index (χ2v) is 5.89. The lowest BCUT2D eigenvalue weighted by molar-refractivity contribution is -0.116. The summed E-state index contributed by atoms with van der Waals surface area (Å²) in [6.45, 7) is -0.262. The Kier molecular flexibility index (Phi) is 5.67. The molecule has 0 fully saturated rings. The fraction of sp³-hybridized carbons (Fsp3) is 0.188. The number of nitrogens with zero attached hydrogens (tertiary/aromatic N) is 4. The third-order valence-corrected chi connectivity index (χ3v) is 4.02. The maximum absolute atomic E-state index is 13.4. The summed E-state index contributed by atoms with van der Waals surface area (Å²) < 4.78 is 26.8. The SMILES string of the molecule is O=C(CCc1cc(F)c(Cl)c(F)c1)Nc1n[nH]c(-c2cnncc2CO)n1. The van der Waals surface area contributed by atoms with E-state index in [1.165, 1.54) is 12.4 Å². The number of hydrogen-bond acceptors (Lipinski definition) is 6. The van der Waals surface area contributed by atoms with Crippen molar-refractivity contribution in [1.29, 1.82) is 0 Å². The van der Waals surface area contributed by atoms with Gasteiger partial charge in [0.1, 0.15) is 16.7 Å². The van der Waals surface area contributed by atoms with E-state index in [4.69, 9.17) is 11.6 Å². The minimum atomic E-state index is -0.878. The summed E-state index contributed by atoms with van der Waals surface area (Å²) in [6, 6.07) is 2.16. The van der Waals surface area contributed by atoms with Crippen molar-refractivity contribution in [3.05, 3.63) is 52.3 Å². The molecule has 1 aromatic carbocycles. The van der Waals surface area contributed by atoms with Crippen LogP contribution in [0.4, 0.5) is 14.7 Å². The normalized spacial score (nSPS) is 10.8. The average Bonchev–Trinajstić information content (AvgIpc) is 3.12. The van der Waals surface area contributed by atoms with Gasteiger partial charge in [-0.25, -0.2) is 8.78 Å². The Morgan fingerprint density at radius 3 is 2.63 bits per heavy atom. The van der Waals surface area contributed by atoms with Crippen molar-refractivity contribution < 1.29 is 18.7 Å². The molecule has 3 N–H and O–H groups in total. The number of carbonyl (C=O) groups is 1. The highest BCUT2D eigenvalue weighted by molar-refractivity contribution is 6.30. The van der Waals surface area contributed by atoms with Crippen LogP contribution in [0.3, 0.4) is 0 Å². The predicted molar refractivity (Wildman–Crippen MR) is 91.7 cm³/mol. The number of benzene rings is 1. The summed E-state index contributed by atoms with van der Waals surface area (Å²) in [5.41, 5.74) is 1.29. The van der Waals surface area contributed by atoms with Gasteiger partial charge >= 0.3 is 0 Å². The van der Waals surface area contributed by atoms with E-state index in [1.54, 1.807) is 0 Å². The fourth-order valence-electron chi connectivity index (χ4n) is 2.32. The highest BCUT2D eigenvalue weighted by Crippen LogP contribution is 2.22. The van der Waals surface area contributed by atoms with E-state index in [2.05, 4.69) is 30.7 Å². The number of hydrogen-bond donors (Lipinski definition) is 3. The number of halogens is 3. The predicted octanol–water partition coefficient (Wildman–Crippen LogP) is 2.26. The minimum Gasteiger partial charge on any atom is -0.392 e. The maximum Gasteiger partial charge on any atom is 0.249 e. The standard InChI is InChI=1S/C16H13ClF2N6O2/c17-14-11(18)3-8(4-12(14)19)1-2-13(27)22-16-23-15(24-25-16)10-6-21-20-5-9(10)7-26/h3-6,26H,1-2,7H2,(H2,22,23,24,25,27). The van der Waals surface area contributed by atoms with Crippen LogP contribution in [0, 0.1) is 11.6 Å². The van der Waals surface area contributed by atoms with Gasteiger partial charge in [0.25, 0.3) is 0 Å². The first kappa shape index (κ1) is 18.8. The van der Waals surface area contributed by atoms with Gasteiger partial charge in [-0.1, -0.05) is 11.6 Å². The second kappa shape index (κ2) is 8.14. The van der Waals surface area contributed by atoms with Crippen LogP contribution in [0.15, 0.2) is 24.5 Å². The van der Waals surface area contributed by atoms with Crippen LogP contribution in [-0.4, -0.2) is 36.4 Å². The van der Waals surface area contributed by atoms with E-state index in [-0.39, 0.29) is 25.4 Å². The topological polar surface area (TPSA) is 117 Å². The van der Waals surface area contributed by atoms with Gasteiger partial charge in [-0.3, -0.25) is 15.2 Å². The van der Waals surface area contributed by atoms with E-state index in [1.807, 2.05) is 0 Å². The summed E-state index contributed by atoms with van der Waals surface area (Å²) >= 11 is 5.42. The molecule has 0 unspecified atom stereocenters. The van der Waals surface area contributed by atoms with Crippen molar-refractivity contribution >= 4 is 23.5 Å². The molecule has 0 saturated heterocycles. The molecule has 0 aliphatic rings. The van der Waals surface area contributed by atoms with Gasteiger partial charge < -0.3 is 5.11 Å². The Labute approximate surface area is 156 Å². The third-order valence-electron chi connectivity index (χ3n) is 3.66. The third kappa shape index (κ3) is 4.41. The number of rotatable bonds is 6. The Bertz CT molecular complexity index is 958. The maximum atomic E-state index is 13.4. The number of aliphatic hydroxyl groups is 1. The van der Waals surface area contributed by atoms with Crippen LogP contribution in [0.5, 0.6) is 0 Å². The van der Waals surface area contributed by atoms with E-state index >= 15 is 0 Å². The zero-order valence-corrected chi connectivity index (χ0v) is 14.5. The van der Waals surface area contributed by atoms with Crippen molar-refractivity contribution in [2.45, 2.75) is 19.4 Å². The minimum absolute atomic E-state index is 0.0177. The molecular formula is C16H13ClF2N6O2. The number of anilines is 1. The number of aliphatic hydroxyl groups excluding tert-OH is 1. The highest BCUT2D eigenvalue weighted by Gasteiger charge is 2.14. The number of carbonyl (C=O) groups excluding carboxylic acids is 1. The van der Waals surface area contributed by atoms with Crippen molar-refractivity contribution in [1.82, 2.24) is 25.4 Å². The van der Waals surface area contributed by atoms with Gasteiger partial charge in [0.05, 0.1) is 19.0 Å². The molecule has 0 aliphatic heterocycles. The van der Waals surface area contributed by atoms with Crippen LogP contribution in [0.25, 0.3) is 11.4 Å². The van der Waals surface area contributed by atoms with Crippen molar-refractivity contribution in [2.75, 3.05) is 5.32 Å². The molecule has 0 aliphatic carbocycles. The number of amides is 1. The molecule has 0 bridgehead atoms. The summed E-state index contributed by atoms with van der Waals surface area (Å²) in [5.74, 6) is -1.88. The molecule has 0 atom stereocenters. The Morgan fingerprint density at radius 1 is 1.22 bits per heavy atom. The lowest BCUT2D eigenvalue weighted by Crippen LogP contribution is -2.13. The number of aromatic amines is 1. The van der Waals surface area contributed by atoms with E-state index in [0.29, 0.717) is 22.5 Å². The molecule has 0 radical (unpaired) electrons. The second-order valence-electron chi connectivity index (χ2n) is 5.52. The lowest BCUT2D eigenvalue weighted by atomic mass is 10.1. The lowest BCUT2D eigenvalue weighted by Gasteiger charge is -2.04. The van der Waals surface area contributed by atoms with Crippen LogP contribution < -0.4 is 5.32 Å². The molecule has 0 spiro atoms. The molecule has 140 valence electrons. The van der Waals surface area contributed by atoms with E-state index in [0.717, 1.165) is 12.1 Å². The van der Waals surface area contributed by atoms with Crippen molar-refractivity contribution in [3.63, 3.8) is 0 Å². The molecule has 2 heterocycles. The fourth-order valence-corrected chi connectivity index (χ4v) is 2.43. The number of H-pyrrole nitrogens is 1. The largest absolute Gasteiger partial charge is 0.392 e. The first-order valence-electron chi connectivity index (χ1n) is 7.74. The number of aromatic nitrogens is 5. The Hall–Kier alpha value is -2.98. The van der Waals surface area contributed by atoms with Gasteiger partial charge in [-0.05, 0) is 24.1 Å². The average molecular weight is 395 g/mol. The highest BCUT2D eigenvalue weighted by atomic mass is 35.5. The van der Waals surface area contributed by atoms with Gasteiger partial charge in [0.15, 0.2) is 5.82 Å². The first-order valence-corrected chi connectivity index (χ1v) is 8.12. The molecule has 3 rings (SSSR count). The van der Waals surface area contributed by atoms with Gasteiger partial charge in [-0.2, -0.15) is 15.2 Å². The van der Waals surface area contributed by atoms with Crippen LogP contribution in [0.1, 0.15) is 17.5 Å². The molecule has 0 saturated carbocycles. The van der Waals surface area contributed by atoms with Crippen molar-refractivity contribution in [2.24, 2.45) is 0 Å². The molecule has 3 aromatic rings. The van der Waals surface area contributed by atoms with Gasteiger partial charge in [-0.15, -0.1) is 5.10 Å². The first-order chi connectivity index (χ1) is 13.0. The van der Waals surface area contributed by atoms with Crippen LogP contribution in [-0.2, 0) is 17.8 Å². The number of aryl methyl sites for hydroxylation is 1. The van der Waals surface area contributed by atoms with Crippen LogP contribution >= 0.6 is 11.6 Å². The number of nitrogens with one attached hydrogen (secondary N) is 2. The van der Waals surface area contributed by atoms with Gasteiger partial charge in [0.2, 0.25) is 11.9 Å². The molecule has 1 amide bonds. The van der Waals surface area contributed by atoms with Crippen molar-refractivity contribution in [3.8, 4) is 11.4 Å². The van der Waals surface area contributed by atoms with E-state index in [9.17, 15) is 18.7 Å². The summed E-state index contributed by atoms with van der Waals surface area (Å²) in [4.78, 5) is 16.1. The summed E-state index contributed by atoms with van der Waals surface area (Å²) in [6.07, 6.45) is 2.86. The van der Waals surface area contributed by atoms with Crippen LogP contribution in [0.2, 0.25) is 5.02 Å². The quantitative estimate of drug-likeness (QED) is 0.552. The molecule has 11 heteroatoms. The zero-order chi connectivity index (χ0) is 19.4. The monoisotopic (exact) mass is 394 g/mol. The molecule has 8 nitrogen and oxygen atoms in total. The Balaban J connectivity index is 1.63.